The number of benzene rings is 2. The first-order valence-corrected chi connectivity index (χ1v) is 12.6. The van der Waals surface area contributed by atoms with Crippen molar-refractivity contribution in [3.05, 3.63) is 70.5 Å². The summed E-state index contributed by atoms with van der Waals surface area (Å²) in [7, 11) is 5.69. The van der Waals surface area contributed by atoms with Crippen molar-refractivity contribution in [2.24, 2.45) is 0 Å². The number of aryl methyl sites for hydroxylation is 2. The standard InChI is InChI=1S/C29H32ClN5O/c1-18-14-22(15-19(2)27(18)35-12-10-34(5)11-13-35)24-17-32-28-25(26(24)30)23(16-31-28)20-6-8-21(9-7-20)29(36)33(3)4/h6-9,14-17H,10-13H2,1-5H3,(H,31,32). The first kappa shape index (κ1) is 24.3. The molecular weight excluding hydrogens is 470 g/mol. The zero-order valence-electron chi connectivity index (χ0n) is 21.5. The van der Waals surface area contributed by atoms with Crippen LogP contribution >= 0.6 is 11.6 Å². The van der Waals surface area contributed by atoms with Crippen molar-refractivity contribution < 1.29 is 4.79 Å². The average Bonchev–Trinajstić information content (AvgIpc) is 3.29. The Morgan fingerprint density at radius 3 is 2.22 bits per heavy atom. The number of carbonyl (C=O) groups excluding carboxylic acids is 1. The number of H-pyrrole nitrogens is 1. The van der Waals surface area contributed by atoms with E-state index in [1.54, 1.807) is 19.0 Å². The lowest BCUT2D eigenvalue weighted by Gasteiger charge is -2.36. The molecule has 1 saturated heterocycles. The van der Waals surface area contributed by atoms with Crippen LogP contribution in [0.1, 0.15) is 21.5 Å². The van der Waals surface area contributed by atoms with Gasteiger partial charge >= 0.3 is 0 Å². The Bertz CT molecular complexity index is 1410. The number of piperazine rings is 1. The number of rotatable bonds is 4. The second-order valence-electron chi connectivity index (χ2n) is 9.94. The number of pyridine rings is 1. The summed E-state index contributed by atoms with van der Waals surface area (Å²) in [6.45, 7) is 8.60. The van der Waals surface area contributed by atoms with Gasteiger partial charge in [-0.05, 0) is 67.4 Å². The van der Waals surface area contributed by atoms with Gasteiger partial charge in [-0.25, -0.2) is 4.98 Å². The van der Waals surface area contributed by atoms with Gasteiger partial charge in [0.05, 0.1) is 5.02 Å². The third kappa shape index (κ3) is 4.36. The zero-order valence-corrected chi connectivity index (χ0v) is 22.3. The molecule has 36 heavy (non-hydrogen) atoms. The number of likely N-dealkylation sites (N-methyl/N-ethyl adjacent to an activating group) is 1. The van der Waals surface area contributed by atoms with Crippen molar-refractivity contribution in [1.82, 2.24) is 19.8 Å². The minimum atomic E-state index is -0.0202. The van der Waals surface area contributed by atoms with Crippen LogP contribution in [0.25, 0.3) is 33.3 Å². The van der Waals surface area contributed by atoms with Gasteiger partial charge in [-0.3, -0.25) is 4.79 Å². The molecule has 6 nitrogen and oxygen atoms in total. The highest BCUT2D eigenvalue weighted by molar-refractivity contribution is 6.39. The second kappa shape index (κ2) is 9.60. The number of anilines is 1. The summed E-state index contributed by atoms with van der Waals surface area (Å²) in [6.07, 6.45) is 3.79. The van der Waals surface area contributed by atoms with E-state index in [1.807, 2.05) is 36.7 Å². The Hall–Kier alpha value is -3.35. The number of aromatic nitrogens is 2. The van der Waals surface area contributed by atoms with E-state index in [2.05, 4.69) is 47.8 Å². The van der Waals surface area contributed by atoms with Crippen LogP contribution in [0.5, 0.6) is 0 Å². The van der Waals surface area contributed by atoms with Crippen molar-refractivity contribution in [2.75, 3.05) is 52.2 Å². The fraction of sp³-hybridized carbons (Fsp3) is 0.310. The maximum absolute atomic E-state index is 12.3. The predicted molar refractivity (Wildman–Crippen MR) is 149 cm³/mol. The van der Waals surface area contributed by atoms with Crippen molar-refractivity contribution in [3.63, 3.8) is 0 Å². The average molecular weight is 502 g/mol. The van der Waals surface area contributed by atoms with Crippen LogP contribution < -0.4 is 4.90 Å². The molecule has 1 aliphatic rings. The zero-order chi connectivity index (χ0) is 25.6. The highest BCUT2D eigenvalue weighted by Crippen LogP contribution is 2.40. The molecule has 3 heterocycles. The maximum Gasteiger partial charge on any atom is 0.253 e. The first-order chi connectivity index (χ1) is 17.2. The molecule has 0 bridgehead atoms. The normalized spacial score (nSPS) is 14.4. The van der Waals surface area contributed by atoms with Crippen molar-refractivity contribution in [1.29, 1.82) is 0 Å². The summed E-state index contributed by atoms with van der Waals surface area (Å²) < 4.78 is 0. The third-order valence-electron chi connectivity index (χ3n) is 7.11. The number of nitrogens with one attached hydrogen (secondary N) is 1. The summed E-state index contributed by atoms with van der Waals surface area (Å²) in [5.74, 6) is -0.0202. The van der Waals surface area contributed by atoms with E-state index in [9.17, 15) is 4.79 Å². The highest BCUT2D eigenvalue weighted by Gasteiger charge is 2.20. The fourth-order valence-electron chi connectivity index (χ4n) is 5.18. The second-order valence-corrected chi connectivity index (χ2v) is 10.3. The van der Waals surface area contributed by atoms with Gasteiger partial charge in [0.2, 0.25) is 0 Å². The molecule has 2 aromatic carbocycles. The minimum absolute atomic E-state index is 0.0202. The summed E-state index contributed by atoms with van der Waals surface area (Å²) in [4.78, 5) is 26.7. The smallest absolute Gasteiger partial charge is 0.253 e. The number of carbonyl (C=O) groups is 1. The van der Waals surface area contributed by atoms with Gasteiger partial charge in [0.25, 0.3) is 5.91 Å². The largest absolute Gasteiger partial charge is 0.369 e. The molecule has 0 aliphatic carbocycles. The maximum atomic E-state index is 12.3. The molecule has 1 amide bonds. The van der Waals surface area contributed by atoms with E-state index in [4.69, 9.17) is 16.6 Å². The van der Waals surface area contributed by atoms with Crippen molar-refractivity contribution in [2.45, 2.75) is 13.8 Å². The van der Waals surface area contributed by atoms with Crippen molar-refractivity contribution >= 4 is 34.2 Å². The Balaban J connectivity index is 1.53. The van der Waals surface area contributed by atoms with Crippen LogP contribution in [-0.2, 0) is 0 Å². The monoisotopic (exact) mass is 501 g/mol. The van der Waals surface area contributed by atoms with Crippen LogP contribution in [0.15, 0.2) is 48.8 Å². The number of amides is 1. The van der Waals surface area contributed by atoms with E-state index in [0.717, 1.165) is 59.5 Å². The topological polar surface area (TPSA) is 55.5 Å². The Kier molecular flexibility index (Phi) is 6.49. The van der Waals surface area contributed by atoms with Gasteiger partial charge in [0, 0.05) is 80.4 Å². The molecule has 1 fully saturated rings. The quantitative estimate of drug-likeness (QED) is 0.394. The molecule has 0 spiro atoms. The highest BCUT2D eigenvalue weighted by atomic mass is 35.5. The van der Waals surface area contributed by atoms with Crippen LogP contribution in [0, 0.1) is 13.8 Å². The Morgan fingerprint density at radius 2 is 1.61 bits per heavy atom. The summed E-state index contributed by atoms with van der Waals surface area (Å²) in [5.41, 5.74) is 9.16. The molecule has 0 unspecified atom stereocenters. The molecule has 1 N–H and O–H groups in total. The Morgan fingerprint density at radius 1 is 0.972 bits per heavy atom. The van der Waals surface area contributed by atoms with E-state index < -0.39 is 0 Å². The number of fused-ring (bicyclic) bond motifs is 1. The van der Waals surface area contributed by atoms with Crippen molar-refractivity contribution in [3.8, 4) is 22.3 Å². The number of aromatic amines is 1. The van der Waals surface area contributed by atoms with Gasteiger partial charge in [0.1, 0.15) is 5.65 Å². The SMILES string of the molecule is Cc1cc(-c2cnc3[nH]cc(-c4ccc(C(=O)N(C)C)cc4)c3c2Cl)cc(C)c1N1CCN(C)CC1. The van der Waals surface area contributed by atoms with E-state index in [0.29, 0.717) is 10.6 Å². The van der Waals surface area contributed by atoms with Crippen LogP contribution in [0.3, 0.4) is 0 Å². The molecule has 2 aromatic heterocycles. The number of halogens is 1. The molecule has 186 valence electrons. The van der Waals surface area contributed by atoms with Crippen LogP contribution in [-0.4, -0.2) is 73.0 Å². The van der Waals surface area contributed by atoms with Crippen LogP contribution in [0.2, 0.25) is 5.02 Å². The predicted octanol–water partition coefficient (Wildman–Crippen LogP) is 5.62. The van der Waals surface area contributed by atoms with Gasteiger partial charge in [0.15, 0.2) is 0 Å². The molecular formula is C29H32ClN5O. The molecule has 0 atom stereocenters. The summed E-state index contributed by atoms with van der Waals surface area (Å²) >= 11 is 7.07. The summed E-state index contributed by atoms with van der Waals surface area (Å²) in [6, 6.07) is 12.1. The molecule has 4 aromatic rings. The molecule has 7 heteroatoms. The van der Waals surface area contributed by atoms with Crippen LogP contribution in [0.4, 0.5) is 5.69 Å². The lowest BCUT2D eigenvalue weighted by atomic mass is 9.97. The molecule has 0 saturated carbocycles. The molecule has 5 rings (SSSR count). The van der Waals surface area contributed by atoms with Gasteiger partial charge in [-0.15, -0.1) is 0 Å². The minimum Gasteiger partial charge on any atom is -0.369 e. The molecule has 0 radical (unpaired) electrons. The Labute approximate surface area is 217 Å². The van der Waals surface area contributed by atoms with E-state index in [1.165, 1.54) is 16.8 Å². The van der Waals surface area contributed by atoms with Gasteiger partial charge < -0.3 is 19.7 Å². The number of nitrogens with zero attached hydrogens (tertiary/aromatic N) is 4. The fourth-order valence-corrected chi connectivity index (χ4v) is 5.53. The van der Waals surface area contributed by atoms with E-state index in [-0.39, 0.29) is 5.91 Å². The molecule has 1 aliphatic heterocycles. The third-order valence-corrected chi connectivity index (χ3v) is 7.50. The lowest BCUT2D eigenvalue weighted by molar-refractivity contribution is 0.0827. The van der Waals surface area contributed by atoms with Gasteiger partial charge in [-0.2, -0.15) is 0 Å². The lowest BCUT2D eigenvalue weighted by Crippen LogP contribution is -2.45. The summed E-state index contributed by atoms with van der Waals surface area (Å²) in [5, 5.41) is 1.56. The van der Waals surface area contributed by atoms with E-state index >= 15 is 0 Å². The number of hydrogen-bond acceptors (Lipinski definition) is 4. The van der Waals surface area contributed by atoms with Gasteiger partial charge in [-0.1, -0.05) is 23.7 Å². The first-order valence-electron chi connectivity index (χ1n) is 12.3. The number of hydrogen-bond donors (Lipinski definition) is 1.